The van der Waals surface area contributed by atoms with Crippen LogP contribution in [0.3, 0.4) is 0 Å². The first-order valence-corrected chi connectivity index (χ1v) is 9.86. The van der Waals surface area contributed by atoms with E-state index >= 15 is 0 Å². The lowest BCUT2D eigenvalue weighted by atomic mass is 10.1. The number of nitrogens with one attached hydrogen (secondary N) is 1. The number of rotatable bonds is 8. The molecule has 0 spiro atoms. The predicted molar refractivity (Wildman–Crippen MR) is 112 cm³/mol. The average molecular weight is 382 g/mol. The first kappa shape index (κ1) is 18.9. The summed E-state index contributed by atoms with van der Waals surface area (Å²) in [6, 6.07) is 17.0. The number of ether oxygens (including phenoxy) is 1. The van der Waals surface area contributed by atoms with Gasteiger partial charge in [0.25, 0.3) is 5.91 Å². The fourth-order valence-electron chi connectivity index (χ4n) is 2.66. The van der Waals surface area contributed by atoms with Gasteiger partial charge in [0.1, 0.15) is 5.75 Å². The van der Waals surface area contributed by atoms with E-state index in [0.29, 0.717) is 5.75 Å². The maximum absolute atomic E-state index is 12.1. The van der Waals surface area contributed by atoms with E-state index in [1.165, 1.54) is 0 Å². The Morgan fingerprint density at radius 1 is 1.11 bits per heavy atom. The molecule has 3 rings (SSSR count). The normalized spacial score (nSPS) is 10.4. The Labute approximate surface area is 163 Å². The Hall–Kier alpha value is -2.86. The first-order valence-electron chi connectivity index (χ1n) is 8.98. The average Bonchev–Trinajstić information content (AvgIpc) is 3.18. The van der Waals surface area contributed by atoms with Crippen molar-refractivity contribution in [3.8, 4) is 17.0 Å². The highest BCUT2D eigenvalue weighted by atomic mass is 32.1. The number of benzene rings is 2. The van der Waals surface area contributed by atoms with Crippen molar-refractivity contribution in [3.63, 3.8) is 0 Å². The number of hydrogen-bond acceptors (Lipinski definition) is 5. The molecule has 140 valence electrons. The van der Waals surface area contributed by atoms with Crippen molar-refractivity contribution in [1.29, 1.82) is 0 Å². The van der Waals surface area contributed by atoms with Crippen LogP contribution in [-0.2, 0) is 4.79 Å². The number of aromatic nitrogens is 1. The second kappa shape index (κ2) is 9.19. The number of carbonyl (C=O) groups excluding carboxylic acids is 1. The van der Waals surface area contributed by atoms with Crippen LogP contribution in [0.25, 0.3) is 11.3 Å². The molecule has 0 fully saturated rings. The van der Waals surface area contributed by atoms with Gasteiger partial charge in [0, 0.05) is 29.7 Å². The van der Waals surface area contributed by atoms with Gasteiger partial charge in [-0.2, -0.15) is 0 Å². The van der Waals surface area contributed by atoms with Gasteiger partial charge >= 0.3 is 0 Å². The van der Waals surface area contributed by atoms with Gasteiger partial charge in [-0.25, -0.2) is 4.98 Å². The molecule has 0 radical (unpaired) electrons. The molecule has 6 heteroatoms. The molecule has 3 aromatic rings. The fourth-order valence-corrected chi connectivity index (χ4v) is 3.62. The molecule has 1 heterocycles. The lowest BCUT2D eigenvalue weighted by molar-refractivity contribution is -0.118. The van der Waals surface area contributed by atoms with Crippen LogP contribution in [0, 0.1) is 0 Å². The van der Waals surface area contributed by atoms with E-state index in [9.17, 15) is 4.79 Å². The molecular formula is C21H23N3O2S. The molecule has 27 heavy (non-hydrogen) atoms. The third kappa shape index (κ3) is 5.08. The molecule has 2 aromatic carbocycles. The van der Waals surface area contributed by atoms with Crippen molar-refractivity contribution in [2.45, 2.75) is 13.8 Å². The second-order valence-electron chi connectivity index (χ2n) is 5.92. The standard InChI is InChI=1S/C21H23N3O2S/c1-3-24(4-2)21-23-19(15-27-21)16-9-8-10-17(13-16)22-20(25)14-26-18-11-6-5-7-12-18/h5-13,15H,3-4,14H2,1-2H3,(H,22,25). The molecule has 0 saturated carbocycles. The Balaban J connectivity index is 1.64. The van der Waals surface area contributed by atoms with Crippen molar-refractivity contribution in [1.82, 2.24) is 4.98 Å². The van der Waals surface area contributed by atoms with Crippen molar-refractivity contribution >= 4 is 28.1 Å². The molecule has 0 atom stereocenters. The van der Waals surface area contributed by atoms with Gasteiger partial charge in [-0.05, 0) is 38.1 Å². The Morgan fingerprint density at radius 3 is 2.63 bits per heavy atom. The molecule has 1 aromatic heterocycles. The van der Waals surface area contributed by atoms with Crippen LogP contribution in [-0.4, -0.2) is 30.6 Å². The van der Waals surface area contributed by atoms with Crippen molar-refractivity contribution in [3.05, 3.63) is 60.0 Å². The van der Waals surface area contributed by atoms with Gasteiger partial charge in [-0.15, -0.1) is 11.3 Å². The quantitative estimate of drug-likeness (QED) is 0.616. The number of hydrogen-bond donors (Lipinski definition) is 1. The molecule has 0 aliphatic carbocycles. The fraction of sp³-hybridized carbons (Fsp3) is 0.238. The van der Waals surface area contributed by atoms with Crippen LogP contribution in [0.15, 0.2) is 60.0 Å². The lowest BCUT2D eigenvalue weighted by Crippen LogP contribution is -2.21. The number of para-hydroxylation sites is 1. The monoisotopic (exact) mass is 381 g/mol. The van der Waals surface area contributed by atoms with E-state index in [2.05, 4.69) is 24.1 Å². The summed E-state index contributed by atoms with van der Waals surface area (Å²) in [6.07, 6.45) is 0. The highest BCUT2D eigenvalue weighted by Gasteiger charge is 2.10. The van der Waals surface area contributed by atoms with E-state index < -0.39 is 0 Å². The summed E-state index contributed by atoms with van der Waals surface area (Å²) in [4.78, 5) is 19.1. The SMILES string of the molecule is CCN(CC)c1nc(-c2cccc(NC(=O)COc3ccccc3)c2)cs1. The number of amides is 1. The lowest BCUT2D eigenvalue weighted by Gasteiger charge is -2.16. The zero-order chi connectivity index (χ0) is 19.1. The van der Waals surface area contributed by atoms with Crippen molar-refractivity contribution in [2.24, 2.45) is 0 Å². The van der Waals surface area contributed by atoms with Crippen molar-refractivity contribution < 1.29 is 9.53 Å². The second-order valence-corrected chi connectivity index (χ2v) is 6.75. The predicted octanol–water partition coefficient (Wildman–Crippen LogP) is 4.67. The minimum atomic E-state index is -0.196. The number of thiazole rings is 1. The number of carbonyl (C=O) groups is 1. The van der Waals surface area contributed by atoms with Gasteiger partial charge in [0.15, 0.2) is 11.7 Å². The van der Waals surface area contributed by atoms with Gasteiger partial charge in [0.2, 0.25) is 0 Å². The Morgan fingerprint density at radius 2 is 1.89 bits per heavy atom. The van der Waals surface area contributed by atoms with Crippen LogP contribution >= 0.6 is 11.3 Å². The van der Waals surface area contributed by atoms with Crippen LogP contribution in [0.4, 0.5) is 10.8 Å². The zero-order valence-electron chi connectivity index (χ0n) is 15.5. The maximum Gasteiger partial charge on any atom is 0.262 e. The van der Waals surface area contributed by atoms with Gasteiger partial charge in [-0.3, -0.25) is 4.79 Å². The molecular weight excluding hydrogens is 358 g/mol. The summed E-state index contributed by atoms with van der Waals surface area (Å²) in [7, 11) is 0. The Kier molecular flexibility index (Phi) is 6.44. The largest absolute Gasteiger partial charge is 0.484 e. The number of nitrogens with zero attached hydrogens (tertiary/aromatic N) is 2. The summed E-state index contributed by atoms with van der Waals surface area (Å²) < 4.78 is 5.48. The highest BCUT2D eigenvalue weighted by molar-refractivity contribution is 7.14. The first-order chi connectivity index (χ1) is 13.2. The van der Waals surface area contributed by atoms with Gasteiger partial charge in [-0.1, -0.05) is 30.3 Å². The van der Waals surface area contributed by atoms with E-state index in [1.54, 1.807) is 11.3 Å². The van der Waals surface area contributed by atoms with E-state index in [4.69, 9.17) is 9.72 Å². The van der Waals surface area contributed by atoms with E-state index in [1.807, 2.05) is 60.0 Å². The summed E-state index contributed by atoms with van der Waals surface area (Å²) >= 11 is 1.63. The van der Waals surface area contributed by atoms with Gasteiger partial charge < -0.3 is 15.0 Å². The topological polar surface area (TPSA) is 54.5 Å². The zero-order valence-corrected chi connectivity index (χ0v) is 16.3. The summed E-state index contributed by atoms with van der Waals surface area (Å²) in [5.41, 5.74) is 2.62. The Bertz CT molecular complexity index is 876. The molecule has 1 amide bonds. The maximum atomic E-state index is 12.1. The van der Waals surface area contributed by atoms with Gasteiger partial charge in [0.05, 0.1) is 5.69 Å². The minimum Gasteiger partial charge on any atom is -0.484 e. The van der Waals surface area contributed by atoms with Crippen LogP contribution in [0.1, 0.15) is 13.8 Å². The molecule has 0 aliphatic heterocycles. The molecule has 0 aliphatic rings. The van der Waals surface area contributed by atoms with Crippen LogP contribution in [0.5, 0.6) is 5.75 Å². The summed E-state index contributed by atoms with van der Waals surface area (Å²) in [6.45, 7) is 6.08. The molecule has 0 saturated heterocycles. The minimum absolute atomic E-state index is 0.0307. The summed E-state index contributed by atoms with van der Waals surface area (Å²) in [5, 5.41) is 5.94. The highest BCUT2D eigenvalue weighted by Crippen LogP contribution is 2.28. The molecule has 5 nitrogen and oxygen atoms in total. The van der Waals surface area contributed by atoms with Crippen molar-refractivity contribution in [2.75, 3.05) is 29.9 Å². The smallest absolute Gasteiger partial charge is 0.262 e. The molecule has 1 N–H and O–H groups in total. The van der Waals surface area contributed by atoms with Crippen LogP contribution in [0.2, 0.25) is 0 Å². The van der Waals surface area contributed by atoms with E-state index in [0.717, 1.165) is 35.2 Å². The third-order valence-electron chi connectivity index (χ3n) is 4.08. The summed E-state index contributed by atoms with van der Waals surface area (Å²) in [5.74, 6) is 0.478. The third-order valence-corrected chi connectivity index (χ3v) is 4.98. The molecule has 0 unspecified atom stereocenters. The molecule has 0 bridgehead atoms. The van der Waals surface area contributed by atoms with Crippen LogP contribution < -0.4 is 15.0 Å². The van der Waals surface area contributed by atoms with E-state index in [-0.39, 0.29) is 12.5 Å². The number of anilines is 2.